The van der Waals surface area contributed by atoms with Crippen LogP contribution >= 0.6 is 0 Å². The van der Waals surface area contributed by atoms with Gasteiger partial charge in [0, 0.05) is 18.2 Å². The summed E-state index contributed by atoms with van der Waals surface area (Å²) in [6, 6.07) is 5.62. The van der Waals surface area contributed by atoms with Crippen molar-refractivity contribution in [2.24, 2.45) is 5.73 Å². The predicted molar refractivity (Wildman–Crippen MR) is 68.3 cm³/mol. The van der Waals surface area contributed by atoms with Gasteiger partial charge in [-0.3, -0.25) is 4.90 Å². The highest BCUT2D eigenvalue weighted by molar-refractivity contribution is 5.25. The third kappa shape index (κ3) is 3.51. The maximum absolute atomic E-state index is 13.9. The van der Waals surface area contributed by atoms with Crippen LogP contribution in [0.15, 0.2) is 18.2 Å². The lowest BCUT2D eigenvalue weighted by Gasteiger charge is -2.15. The van der Waals surface area contributed by atoms with E-state index < -0.39 is 0 Å². The molecule has 0 saturated carbocycles. The molecule has 0 aliphatic carbocycles. The summed E-state index contributed by atoms with van der Waals surface area (Å²) < 4.78 is 13.9. The molecule has 1 atom stereocenters. The Morgan fingerprint density at radius 3 is 2.65 bits per heavy atom. The Bertz CT molecular complexity index is 370. The molecule has 1 heterocycles. The second-order valence-electron chi connectivity index (χ2n) is 5.09. The van der Waals surface area contributed by atoms with Crippen molar-refractivity contribution >= 4 is 0 Å². The zero-order valence-electron chi connectivity index (χ0n) is 10.5. The zero-order valence-corrected chi connectivity index (χ0v) is 10.5. The van der Waals surface area contributed by atoms with E-state index in [2.05, 4.69) is 4.90 Å². The molecule has 94 valence electrons. The second-order valence-corrected chi connectivity index (χ2v) is 5.09. The Hall–Kier alpha value is -0.930. The molecule has 3 heteroatoms. The number of likely N-dealkylation sites (tertiary alicyclic amines) is 1. The van der Waals surface area contributed by atoms with Gasteiger partial charge in [-0.25, -0.2) is 4.39 Å². The van der Waals surface area contributed by atoms with E-state index in [0.717, 1.165) is 37.2 Å². The van der Waals surface area contributed by atoms with Crippen molar-refractivity contribution in [2.45, 2.75) is 38.8 Å². The Morgan fingerprint density at radius 2 is 2.06 bits per heavy atom. The largest absolute Gasteiger partial charge is 0.328 e. The first-order valence-corrected chi connectivity index (χ1v) is 6.40. The Morgan fingerprint density at radius 1 is 1.35 bits per heavy atom. The fraction of sp³-hybridized carbons (Fsp3) is 0.571. The average molecular weight is 236 g/mol. The van der Waals surface area contributed by atoms with Crippen LogP contribution in [0, 0.1) is 5.82 Å². The van der Waals surface area contributed by atoms with Crippen LogP contribution in [0.3, 0.4) is 0 Å². The average Bonchev–Trinajstić information content (AvgIpc) is 2.74. The molecule has 2 rings (SSSR count). The Kier molecular flexibility index (Phi) is 4.13. The van der Waals surface area contributed by atoms with Gasteiger partial charge in [0.2, 0.25) is 0 Å². The summed E-state index contributed by atoms with van der Waals surface area (Å²) in [5.74, 6) is -0.0879. The topological polar surface area (TPSA) is 29.3 Å². The molecule has 17 heavy (non-hydrogen) atoms. The molecular weight excluding hydrogens is 215 g/mol. The van der Waals surface area contributed by atoms with Gasteiger partial charge in [0.05, 0.1) is 0 Å². The van der Waals surface area contributed by atoms with Crippen molar-refractivity contribution < 1.29 is 4.39 Å². The summed E-state index contributed by atoms with van der Waals surface area (Å²) in [6.07, 6.45) is 3.22. The van der Waals surface area contributed by atoms with Crippen LogP contribution in [-0.2, 0) is 13.0 Å². The quantitative estimate of drug-likeness (QED) is 0.869. The summed E-state index contributed by atoms with van der Waals surface area (Å²) in [6.45, 7) is 4.88. The third-order valence-corrected chi connectivity index (χ3v) is 3.27. The molecule has 1 unspecified atom stereocenters. The van der Waals surface area contributed by atoms with Crippen LogP contribution in [0.2, 0.25) is 0 Å². The van der Waals surface area contributed by atoms with E-state index in [1.807, 2.05) is 19.1 Å². The van der Waals surface area contributed by atoms with Crippen molar-refractivity contribution in [3.63, 3.8) is 0 Å². The van der Waals surface area contributed by atoms with Crippen LogP contribution in [0.5, 0.6) is 0 Å². The number of nitrogens with zero attached hydrogens (tertiary/aromatic N) is 1. The van der Waals surface area contributed by atoms with Gasteiger partial charge in [-0.1, -0.05) is 12.1 Å². The van der Waals surface area contributed by atoms with Crippen LogP contribution in [0.1, 0.15) is 30.9 Å². The first-order valence-electron chi connectivity index (χ1n) is 6.40. The van der Waals surface area contributed by atoms with Crippen molar-refractivity contribution in [3.8, 4) is 0 Å². The molecule has 0 amide bonds. The van der Waals surface area contributed by atoms with Crippen molar-refractivity contribution in [2.75, 3.05) is 13.1 Å². The van der Waals surface area contributed by atoms with Gasteiger partial charge in [0.15, 0.2) is 0 Å². The molecule has 2 N–H and O–H groups in total. The normalized spacial score (nSPS) is 18.5. The number of benzene rings is 1. The van der Waals surface area contributed by atoms with E-state index >= 15 is 0 Å². The van der Waals surface area contributed by atoms with Crippen LogP contribution in [-0.4, -0.2) is 24.0 Å². The first kappa shape index (κ1) is 12.5. The SMILES string of the molecule is CC(N)Cc1ccc(CN2CCCC2)c(F)c1. The van der Waals surface area contributed by atoms with Gasteiger partial charge in [-0.2, -0.15) is 0 Å². The highest BCUT2D eigenvalue weighted by Crippen LogP contribution is 2.17. The highest BCUT2D eigenvalue weighted by Gasteiger charge is 2.14. The maximum atomic E-state index is 13.9. The van der Waals surface area contributed by atoms with E-state index in [-0.39, 0.29) is 11.9 Å². The van der Waals surface area contributed by atoms with Crippen molar-refractivity contribution in [1.82, 2.24) is 4.90 Å². The molecule has 1 aliphatic rings. The fourth-order valence-electron chi connectivity index (χ4n) is 2.40. The number of rotatable bonds is 4. The maximum Gasteiger partial charge on any atom is 0.127 e. The smallest absolute Gasteiger partial charge is 0.127 e. The van der Waals surface area contributed by atoms with Gasteiger partial charge in [0.1, 0.15) is 5.82 Å². The number of nitrogens with two attached hydrogens (primary N) is 1. The fourth-order valence-corrected chi connectivity index (χ4v) is 2.40. The molecule has 1 saturated heterocycles. The van der Waals surface area contributed by atoms with E-state index in [4.69, 9.17) is 5.73 Å². The molecule has 1 aromatic carbocycles. The molecule has 0 bridgehead atoms. The van der Waals surface area contributed by atoms with Gasteiger partial charge in [-0.15, -0.1) is 0 Å². The van der Waals surface area contributed by atoms with Crippen LogP contribution < -0.4 is 5.73 Å². The standard InChI is InChI=1S/C14H21FN2/c1-11(16)8-12-4-5-13(14(15)9-12)10-17-6-2-3-7-17/h4-5,9,11H,2-3,6-8,10,16H2,1H3. The molecular formula is C14H21FN2. The van der Waals surface area contributed by atoms with Crippen LogP contribution in [0.25, 0.3) is 0 Å². The Labute approximate surface area is 103 Å². The summed E-state index contributed by atoms with van der Waals surface area (Å²) in [5, 5.41) is 0. The van der Waals surface area contributed by atoms with Gasteiger partial charge in [0.25, 0.3) is 0 Å². The number of hydrogen-bond donors (Lipinski definition) is 1. The van der Waals surface area contributed by atoms with E-state index in [1.165, 1.54) is 12.8 Å². The lowest BCUT2D eigenvalue weighted by molar-refractivity contribution is 0.325. The summed E-state index contributed by atoms with van der Waals surface area (Å²) in [4.78, 5) is 2.31. The zero-order chi connectivity index (χ0) is 12.3. The van der Waals surface area contributed by atoms with Crippen molar-refractivity contribution in [3.05, 3.63) is 35.1 Å². The molecule has 1 fully saturated rings. The minimum absolute atomic E-state index is 0.0823. The van der Waals surface area contributed by atoms with E-state index in [9.17, 15) is 4.39 Å². The van der Waals surface area contributed by atoms with E-state index in [0.29, 0.717) is 0 Å². The van der Waals surface area contributed by atoms with E-state index in [1.54, 1.807) is 6.07 Å². The molecule has 1 aromatic rings. The first-order chi connectivity index (χ1) is 8.15. The molecule has 0 aromatic heterocycles. The second kappa shape index (κ2) is 5.61. The lowest BCUT2D eigenvalue weighted by Crippen LogP contribution is -2.20. The Balaban J connectivity index is 2.03. The third-order valence-electron chi connectivity index (χ3n) is 3.27. The summed E-state index contributed by atoms with van der Waals surface area (Å²) >= 11 is 0. The monoisotopic (exact) mass is 236 g/mol. The van der Waals surface area contributed by atoms with Gasteiger partial charge >= 0.3 is 0 Å². The van der Waals surface area contributed by atoms with Gasteiger partial charge < -0.3 is 5.73 Å². The summed E-state index contributed by atoms with van der Waals surface area (Å²) in [5.41, 5.74) is 7.51. The lowest BCUT2D eigenvalue weighted by atomic mass is 10.0. The number of halogens is 1. The minimum atomic E-state index is -0.0879. The highest BCUT2D eigenvalue weighted by atomic mass is 19.1. The molecule has 0 spiro atoms. The molecule has 2 nitrogen and oxygen atoms in total. The molecule has 1 aliphatic heterocycles. The minimum Gasteiger partial charge on any atom is -0.328 e. The molecule has 0 radical (unpaired) electrons. The summed E-state index contributed by atoms with van der Waals surface area (Å²) in [7, 11) is 0. The van der Waals surface area contributed by atoms with Crippen molar-refractivity contribution in [1.29, 1.82) is 0 Å². The number of hydrogen-bond acceptors (Lipinski definition) is 2. The predicted octanol–water partition coefficient (Wildman–Crippen LogP) is 2.31. The van der Waals surface area contributed by atoms with Crippen LogP contribution in [0.4, 0.5) is 4.39 Å². The van der Waals surface area contributed by atoms with Gasteiger partial charge in [-0.05, 0) is 50.9 Å².